The maximum absolute atomic E-state index is 12.8. The Morgan fingerprint density at radius 2 is 1.89 bits per heavy atom. The number of amides is 2. The fourth-order valence-corrected chi connectivity index (χ4v) is 4.40. The van der Waals surface area contributed by atoms with Crippen molar-refractivity contribution in [3.63, 3.8) is 0 Å². The minimum absolute atomic E-state index is 0.174. The van der Waals surface area contributed by atoms with E-state index in [-0.39, 0.29) is 11.8 Å². The van der Waals surface area contributed by atoms with Crippen molar-refractivity contribution in [3.8, 4) is 0 Å². The Kier molecular flexibility index (Phi) is 4.74. The summed E-state index contributed by atoms with van der Waals surface area (Å²) in [5.74, 6) is 0.102. The van der Waals surface area contributed by atoms with Gasteiger partial charge in [-0.25, -0.2) is 0 Å². The van der Waals surface area contributed by atoms with E-state index in [1.54, 1.807) is 17.5 Å². The lowest BCUT2D eigenvalue weighted by Gasteiger charge is -2.26. The van der Waals surface area contributed by atoms with Crippen molar-refractivity contribution in [2.75, 3.05) is 5.32 Å². The minimum atomic E-state index is -0.512. The summed E-state index contributed by atoms with van der Waals surface area (Å²) < 4.78 is 0. The van der Waals surface area contributed by atoms with Crippen molar-refractivity contribution in [2.45, 2.75) is 19.4 Å². The van der Waals surface area contributed by atoms with E-state index >= 15 is 0 Å². The molecule has 0 radical (unpaired) electrons. The maximum Gasteiger partial charge on any atom is 0.262 e. The van der Waals surface area contributed by atoms with Crippen LogP contribution in [0.15, 0.2) is 53.2 Å². The molecule has 0 aliphatic heterocycles. The molecule has 0 bridgehead atoms. The smallest absolute Gasteiger partial charge is 0.262 e. The Hall–Kier alpha value is -2.97. The van der Waals surface area contributed by atoms with Crippen molar-refractivity contribution in [2.24, 2.45) is 0 Å². The molecular formula is C20H18N4O2S2. The molecule has 0 aliphatic rings. The van der Waals surface area contributed by atoms with Crippen LogP contribution in [0, 0.1) is 0 Å². The predicted molar refractivity (Wildman–Crippen MR) is 113 cm³/mol. The zero-order valence-electron chi connectivity index (χ0n) is 15.3. The highest BCUT2D eigenvalue weighted by Crippen LogP contribution is 2.30. The molecule has 28 heavy (non-hydrogen) atoms. The molecule has 3 N–H and O–H groups in total. The van der Waals surface area contributed by atoms with E-state index < -0.39 is 5.54 Å². The van der Waals surface area contributed by atoms with Gasteiger partial charge in [-0.15, -0.1) is 11.3 Å². The Balaban J connectivity index is 1.54. The van der Waals surface area contributed by atoms with Crippen molar-refractivity contribution in [1.82, 2.24) is 15.5 Å². The molecule has 0 fully saturated rings. The predicted octanol–water partition coefficient (Wildman–Crippen LogP) is 4.60. The normalized spacial score (nSPS) is 11.5. The van der Waals surface area contributed by atoms with Crippen LogP contribution in [0.1, 0.15) is 39.4 Å². The second kappa shape index (κ2) is 7.21. The number of hydrogen-bond acceptors (Lipinski definition) is 5. The summed E-state index contributed by atoms with van der Waals surface area (Å²) in [6, 6.07) is 13.3. The van der Waals surface area contributed by atoms with E-state index in [0.29, 0.717) is 21.1 Å². The summed E-state index contributed by atoms with van der Waals surface area (Å²) in [7, 11) is 0. The molecule has 3 aromatic heterocycles. The molecule has 4 rings (SSSR count). The third-order valence-corrected chi connectivity index (χ3v) is 6.13. The molecule has 0 aliphatic carbocycles. The second-order valence-electron chi connectivity index (χ2n) is 6.84. The van der Waals surface area contributed by atoms with Crippen LogP contribution in [-0.4, -0.2) is 22.0 Å². The number of rotatable bonds is 5. The Bertz CT molecular complexity index is 1130. The average molecular weight is 411 g/mol. The summed E-state index contributed by atoms with van der Waals surface area (Å²) in [4.78, 5) is 26.3. The maximum atomic E-state index is 12.8. The first-order valence-electron chi connectivity index (χ1n) is 8.63. The molecule has 0 spiro atoms. The first kappa shape index (κ1) is 18.4. The molecule has 0 atom stereocenters. The number of nitrogens with zero attached hydrogens (tertiary/aromatic N) is 1. The Morgan fingerprint density at radius 3 is 2.61 bits per heavy atom. The van der Waals surface area contributed by atoms with Crippen LogP contribution >= 0.6 is 22.7 Å². The quantitative estimate of drug-likeness (QED) is 0.449. The van der Waals surface area contributed by atoms with E-state index in [9.17, 15) is 9.59 Å². The van der Waals surface area contributed by atoms with Gasteiger partial charge in [0.05, 0.1) is 21.4 Å². The number of H-pyrrole nitrogens is 1. The SMILES string of the molecule is CC(C)(NC(=O)c1cc2c(NC(=O)c3ccsc3)[nH]nc2s1)c1ccccc1. The molecule has 8 heteroatoms. The van der Waals surface area contributed by atoms with E-state index in [4.69, 9.17) is 0 Å². The van der Waals surface area contributed by atoms with Crippen LogP contribution in [0.2, 0.25) is 0 Å². The van der Waals surface area contributed by atoms with Crippen LogP contribution in [-0.2, 0) is 5.54 Å². The number of anilines is 1. The number of benzene rings is 1. The van der Waals surface area contributed by atoms with E-state index in [1.807, 2.05) is 49.6 Å². The molecule has 2 amide bonds. The summed E-state index contributed by atoms with van der Waals surface area (Å²) in [6.07, 6.45) is 0. The number of fused-ring (bicyclic) bond motifs is 1. The molecule has 6 nitrogen and oxygen atoms in total. The summed E-state index contributed by atoms with van der Waals surface area (Å²) in [5.41, 5.74) is 1.10. The third kappa shape index (κ3) is 3.56. The zero-order valence-corrected chi connectivity index (χ0v) is 16.9. The highest BCUT2D eigenvalue weighted by molar-refractivity contribution is 7.20. The molecule has 3 heterocycles. The molecule has 1 aromatic carbocycles. The van der Waals surface area contributed by atoms with E-state index in [0.717, 1.165) is 10.9 Å². The average Bonchev–Trinajstić information content (AvgIpc) is 3.40. The van der Waals surface area contributed by atoms with Gasteiger partial charge in [-0.2, -0.15) is 16.4 Å². The van der Waals surface area contributed by atoms with Crippen LogP contribution in [0.25, 0.3) is 10.2 Å². The highest BCUT2D eigenvalue weighted by atomic mass is 32.1. The molecule has 4 aromatic rings. The molecule has 0 saturated heterocycles. The molecular weight excluding hydrogens is 392 g/mol. The third-order valence-electron chi connectivity index (χ3n) is 4.42. The number of aromatic nitrogens is 2. The van der Waals surface area contributed by atoms with Gasteiger partial charge in [0.1, 0.15) is 10.6 Å². The number of nitrogens with one attached hydrogen (secondary N) is 3. The van der Waals surface area contributed by atoms with Crippen molar-refractivity contribution in [1.29, 1.82) is 0 Å². The summed E-state index contributed by atoms with van der Waals surface area (Å²) >= 11 is 2.74. The van der Waals surface area contributed by atoms with Crippen LogP contribution < -0.4 is 10.6 Å². The van der Waals surface area contributed by atoms with Crippen molar-refractivity contribution < 1.29 is 9.59 Å². The summed E-state index contributed by atoms with van der Waals surface area (Å²) in [5, 5.41) is 17.3. The van der Waals surface area contributed by atoms with E-state index in [1.165, 1.54) is 22.7 Å². The van der Waals surface area contributed by atoms with Crippen molar-refractivity contribution >= 4 is 50.5 Å². The van der Waals surface area contributed by atoms with Gasteiger partial charge in [0.2, 0.25) is 0 Å². The lowest BCUT2D eigenvalue weighted by molar-refractivity contribution is 0.0915. The van der Waals surface area contributed by atoms with Gasteiger partial charge in [0, 0.05) is 5.38 Å². The monoisotopic (exact) mass is 410 g/mol. The lowest BCUT2D eigenvalue weighted by atomic mass is 9.94. The highest BCUT2D eigenvalue weighted by Gasteiger charge is 2.25. The second-order valence-corrected chi connectivity index (χ2v) is 8.65. The fraction of sp³-hybridized carbons (Fsp3) is 0.150. The first-order chi connectivity index (χ1) is 13.4. The molecule has 0 saturated carbocycles. The largest absolute Gasteiger partial charge is 0.342 e. The van der Waals surface area contributed by atoms with Gasteiger partial charge in [0.15, 0.2) is 0 Å². The number of aromatic amines is 1. The van der Waals surface area contributed by atoms with E-state index in [2.05, 4.69) is 20.8 Å². The van der Waals surface area contributed by atoms with Gasteiger partial charge in [-0.1, -0.05) is 30.3 Å². The van der Waals surface area contributed by atoms with Gasteiger partial charge < -0.3 is 10.6 Å². The standard InChI is InChI=1S/C20H18N4O2S2/c1-20(2,13-6-4-3-5-7-13)22-18(26)15-10-14-16(23-24-19(14)28-15)21-17(25)12-8-9-27-11-12/h3-11H,1-2H3,(H,22,26)(H2,21,23,24,25). The number of thiophene rings is 2. The molecule has 0 unspecified atom stereocenters. The van der Waals surface area contributed by atoms with Gasteiger partial charge in [-0.3, -0.25) is 14.7 Å². The fourth-order valence-electron chi connectivity index (χ4n) is 2.87. The number of carbonyl (C=O) groups excluding carboxylic acids is 2. The van der Waals surface area contributed by atoms with Gasteiger partial charge in [-0.05, 0) is 36.9 Å². The van der Waals surface area contributed by atoms with Gasteiger partial charge >= 0.3 is 0 Å². The number of carbonyl (C=O) groups is 2. The lowest BCUT2D eigenvalue weighted by Crippen LogP contribution is -2.40. The Labute approximate surface area is 169 Å². The van der Waals surface area contributed by atoms with Crippen LogP contribution in [0.3, 0.4) is 0 Å². The number of hydrogen-bond donors (Lipinski definition) is 3. The van der Waals surface area contributed by atoms with Gasteiger partial charge in [0.25, 0.3) is 11.8 Å². The first-order valence-corrected chi connectivity index (χ1v) is 10.4. The van der Waals surface area contributed by atoms with Crippen LogP contribution in [0.4, 0.5) is 5.82 Å². The summed E-state index contributed by atoms with van der Waals surface area (Å²) in [6.45, 7) is 3.93. The Morgan fingerprint density at radius 1 is 1.11 bits per heavy atom. The van der Waals surface area contributed by atoms with Crippen LogP contribution in [0.5, 0.6) is 0 Å². The topological polar surface area (TPSA) is 86.9 Å². The molecule has 142 valence electrons. The van der Waals surface area contributed by atoms with Crippen molar-refractivity contribution in [3.05, 3.63) is 69.2 Å². The minimum Gasteiger partial charge on any atom is -0.342 e. The zero-order chi connectivity index (χ0) is 19.7.